The van der Waals surface area contributed by atoms with Crippen LogP contribution in [0.1, 0.15) is 13.8 Å². The van der Waals surface area contributed by atoms with Crippen molar-refractivity contribution in [1.82, 2.24) is 34.5 Å². The maximum Gasteiger partial charge on any atom is 0.332 e. The third-order valence-electron chi connectivity index (χ3n) is 5.33. The van der Waals surface area contributed by atoms with Gasteiger partial charge in [0, 0.05) is 26.2 Å². The van der Waals surface area contributed by atoms with Crippen LogP contribution in [-0.2, 0) is 24.9 Å². The molecule has 37 heavy (non-hydrogen) atoms. The number of anilines is 1. The highest BCUT2D eigenvalue weighted by Crippen LogP contribution is 2.47. The molecule has 0 aliphatic heterocycles. The predicted molar refractivity (Wildman–Crippen MR) is 137 cm³/mol. The first-order valence-electron chi connectivity index (χ1n) is 11.9. The van der Waals surface area contributed by atoms with Crippen LogP contribution in [0.2, 0.25) is 0 Å². The molecule has 0 unspecified atom stereocenters. The van der Waals surface area contributed by atoms with Crippen LogP contribution in [0.5, 0.6) is 0 Å². The second-order valence-corrected chi connectivity index (χ2v) is 10.4. The number of hydrogen-bond donors (Lipinski definition) is 0. The molecule has 3 heterocycles. The lowest BCUT2D eigenvalue weighted by atomic mass is 10.2. The van der Waals surface area contributed by atoms with Crippen molar-refractivity contribution in [2.75, 3.05) is 51.6 Å². The van der Waals surface area contributed by atoms with Gasteiger partial charge in [0.2, 0.25) is 0 Å². The lowest BCUT2D eigenvalue weighted by Crippen LogP contribution is -2.15. The zero-order chi connectivity index (χ0) is 26.4. The standard InChI is InChI=1S/C23H30FN8O4P/c1-5-35-37(33,36-6-2)14-13-34-12-11-31-16-25-20-21(30(3)4)26-23(27-22(20)31)32-15-19(28-29-32)17-7-9-18(24)10-8-17/h7-10,15-16H,5-6,11-14H2,1-4H3. The first-order chi connectivity index (χ1) is 17.8. The average molecular weight is 533 g/mol. The molecule has 3 aromatic heterocycles. The Labute approximate surface area is 213 Å². The minimum atomic E-state index is -3.14. The number of nitrogens with zero attached hydrogens (tertiary/aromatic N) is 8. The van der Waals surface area contributed by atoms with Crippen LogP contribution >= 0.6 is 7.60 Å². The fourth-order valence-corrected chi connectivity index (χ4v) is 5.08. The molecule has 0 atom stereocenters. The van der Waals surface area contributed by atoms with Crippen molar-refractivity contribution in [3.63, 3.8) is 0 Å². The summed E-state index contributed by atoms with van der Waals surface area (Å²) in [4.78, 5) is 15.6. The van der Waals surface area contributed by atoms with E-state index in [9.17, 15) is 8.96 Å². The number of halogens is 1. The van der Waals surface area contributed by atoms with Gasteiger partial charge in [0.25, 0.3) is 5.95 Å². The van der Waals surface area contributed by atoms with Gasteiger partial charge in [-0.15, -0.1) is 5.10 Å². The van der Waals surface area contributed by atoms with E-state index in [1.165, 1.54) is 16.8 Å². The second-order valence-electron chi connectivity index (χ2n) is 8.19. The van der Waals surface area contributed by atoms with E-state index in [2.05, 4.69) is 25.3 Å². The fraction of sp³-hybridized carbons (Fsp3) is 0.435. The summed E-state index contributed by atoms with van der Waals surface area (Å²) >= 11 is 0. The molecular formula is C23H30FN8O4P. The maximum absolute atomic E-state index is 13.3. The van der Waals surface area contributed by atoms with Crippen molar-refractivity contribution in [2.24, 2.45) is 0 Å². The molecule has 0 aliphatic rings. The summed E-state index contributed by atoms with van der Waals surface area (Å²) in [6.07, 6.45) is 3.54. The van der Waals surface area contributed by atoms with E-state index in [1.807, 2.05) is 23.6 Å². The van der Waals surface area contributed by atoms with Crippen LogP contribution < -0.4 is 4.90 Å². The van der Waals surface area contributed by atoms with Crippen molar-refractivity contribution in [3.05, 3.63) is 42.6 Å². The zero-order valence-electron chi connectivity index (χ0n) is 21.2. The third kappa shape index (κ3) is 6.37. The van der Waals surface area contributed by atoms with Gasteiger partial charge in [0.05, 0.1) is 45.1 Å². The Morgan fingerprint density at radius 1 is 1.05 bits per heavy atom. The van der Waals surface area contributed by atoms with Crippen LogP contribution in [0.4, 0.5) is 10.2 Å². The minimum Gasteiger partial charge on any atom is -0.379 e. The number of rotatable bonds is 13. The van der Waals surface area contributed by atoms with Crippen LogP contribution in [0, 0.1) is 5.82 Å². The average Bonchev–Trinajstić information content (AvgIpc) is 3.52. The number of fused-ring (bicyclic) bond motifs is 1. The van der Waals surface area contributed by atoms with Crippen molar-refractivity contribution >= 4 is 24.6 Å². The Bertz CT molecular complexity index is 1370. The molecular weight excluding hydrogens is 502 g/mol. The lowest BCUT2D eigenvalue weighted by molar-refractivity contribution is 0.132. The summed E-state index contributed by atoms with van der Waals surface area (Å²) in [6.45, 7) is 5.22. The molecule has 12 nitrogen and oxygen atoms in total. The van der Waals surface area contributed by atoms with Gasteiger partial charge < -0.3 is 23.3 Å². The van der Waals surface area contributed by atoms with Gasteiger partial charge in [-0.25, -0.2) is 9.37 Å². The van der Waals surface area contributed by atoms with Crippen molar-refractivity contribution in [2.45, 2.75) is 20.4 Å². The molecule has 0 fully saturated rings. The van der Waals surface area contributed by atoms with Crippen LogP contribution in [-0.4, -0.2) is 81.2 Å². The molecule has 0 N–H and O–H groups in total. The molecule has 0 amide bonds. The topological polar surface area (TPSA) is 122 Å². The van der Waals surface area contributed by atoms with Gasteiger partial charge >= 0.3 is 7.60 Å². The highest BCUT2D eigenvalue weighted by Gasteiger charge is 2.23. The Kier molecular flexibility index (Phi) is 8.59. The smallest absolute Gasteiger partial charge is 0.332 e. The predicted octanol–water partition coefficient (Wildman–Crippen LogP) is 3.56. The number of ether oxygens (including phenoxy) is 1. The quantitative estimate of drug-likeness (QED) is 0.187. The molecule has 0 radical (unpaired) electrons. The molecule has 0 aliphatic carbocycles. The fourth-order valence-electron chi connectivity index (χ4n) is 3.61. The molecule has 14 heteroatoms. The SMILES string of the molecule is CCOP(=O)(CCOCCn1cnc2c(N(C)C)nc(-n3cc(-c4ccc(F)cc4)nn3)nc21)OCC. The molecule has 4 rings (SSSR count). The van der Waals surface area contributed by atoms with Crippen LogP contribution in [0.15, 0.2) is 36.8 Å². The summed E-state index contributed by atoms with van der Waals surface area (Å²) < 4.78 is 45.5. The lowest BCUT2D eigenvalue weighted by Gasteiger charge is -2.16. The van der Waals surface area contributed by atoms with E-state index in [0.29, 0.717) is 55.0 Å². The summed E-state index contributed by atoms with van der Waals surface area (Å²) in [6, 6.07) is 6.01. The van der Waals surface area contributed by atoms with Crippen molar-refractivity contribution in [1.29, 1.82) is 0 Å². The van der Waals surface area contributed by atoms with E-state index < -0.39 is 7.60 Å². The van der Waals surface area contributed by atoms with E-state index in [1.54, 1.807) is 38.5 Å². The molecule has 1 aromatic carbocycles. The molecule has 198 valence electrons. The number of hydrogen-bond acceptors (Lipinski definition) is 10. The molecule has 4 aromatic rings. The molecule has 0 saturated carbocycles. The van der Waals surface area contributed by atoms with Crippen molar-refractivity contribution < 1.29 is 22.7 Å². The Morgan fingerprint density at radius 3 is 2.46 bits per heavy atom. The Hall–Kier alpha value is -3.25. The molecule has 0 spiro atoms. The summed E-state index contributed by atoms with van der Waals surface area (Å²) in [5.41, 5.74) is 2.52. The first-order valence-corrected chi connectivity index (χ1v) is 13.6. The second kappa shape index (κ2) is 11.9. The minimum absolute atomic E-state index is 0.180. The highest BCUT2D eigenvalue weighted by atomic mass is 31.2. The zero-order valence-corrected chi connectivity index (χ0v) is 22.1. The van der Waals surface area contributed by atoms with Gasteiger partial charge in [0.15, 0.2) is 17.0 Å². The van der Waals surface area contributed by atoms with Gasteiger partial charge in [-0.2, -0.15) is 14.6 Å². The Morgan fingerprint density at radius 2 is 1.78 bits per heavy atom. The number of aromatic nitrogens is 7. The van der Waals surface area contributed by atoms with Gasteiger partial charge in [0.1, 0.15) is 11.5 Å². The van der Waals surface area contributed by atoms with Crippen LogP contribution in [0.3, 0.4) is 0 Å². The maximum atomic E-state index is 13.3. The highest BCUT2D eigenvalue weighted by molar-refractivity contribution is 7.53. The van der Waals surface area contributed by atoms with Gasteiger partial charge in [-0.1, -0.05) is 5.21 Å². The normalized spacial score (nSPS) is 11.9. The monoisotopic (exact) mass is 532 g/mol. The van der Waals surface area contributed by atoms with E-state index in [-0.39, 0.29) is 18.6 Å². The number of benzene rings is 1. The summed E-state index contributed by atoms with van der Waals surface area (Å²) in [5.74, 6) is 0.609. The van der Waals surface area contributed by atoms with E-state index >= 15 is 0 Å². The molecule has 0 bridgehead atoms. The largest absolute Gasteiger partial charge is 0.379 e. The molecule has 0 saturated heterocycles. The van der Waals surface area contributed by atoms with Crippen molar-refractivity contribution in [3.8, 4) is 17.2 Å². The van der Waals surface area contributed by atoms with Gasteiger partial charge in [-0.3, -0.25) is 4.57 Å². The third-order valence-corrected chi connectivity index (χ3v) is 7.37. The van der Waals surface area contributed by atoms with Crippen LogP contribution in [0.25, 0.3) is 28.4 Å². The first kappa shape index (κ1) is 26.8. The Balaban J connectivity index is 1.51. The van der Waals surface area contributed by atoms with Gasteiger partial charge in [-0.05, 0) is 38.1 Å². The summed E-state index contributed by atoms with van der Waals surface area (Å²) in [5, 5.41) is 8.36. The van der Waals surface area contributed by atoms with E-state index in [4.69, 9.17) is 13.8 Å². The number of imidazole rings is 1. The van der Waals surface area contributed by atoms with E-state index in [0.717, 1.165) is 5.56 Å². The summed E-state index contributed by atoms with van der Waals surface area (Å²) in [7, 11) is 0.594.